The molecule has 6 nitrogen and oxygen atoms in total. The van der Waals surface area contributed by atoms with E-state index in [0.29, 0.717) is 30.8 Å². The smallest absolute Gasteiger partial charge is 0.308 e. The molecule has 19 heavy (non-hydrogen) atoms. The van der Waals surface area contributed by atoms with Gasteiger partial charge in [-0.3, -0.25) is 9.78 Å². The van der Waals surface area contributed by atoms with Crippen LogP contribution in [-0.4, -0.2) is 41.2 Å². The lowest BCUT2D eigenvalue weighted by Gasteiger charge is -2.20. The minimum atomic E-state index is -0.827. The molecule has 0 aliphatic heterocycles. The summed E-state index contributed by atoms with van der Waals surface area (Å²) in [5, 5.41) is 8.89. The van der Waals surface area contributed by atoms with Crippen molar-refractivity contribution in [2.24, 2.45) is 11.8 Å². The third-order valence-corrected chi connectivity index (χ3v) is 2.52. The molecule has 0 saturated heterocycles. The Hall–Kier alpha value is -1.85. The molecule has 0 aliphatic carbocycles. The maximum absolute atomic E-state index is 10.8. The van der Waals surface area contributed by atoms with Crippen molar-refractivity contribution in [3.8, 4) is 5.88 Å². The van der Waals surface area contributed by atoms with Gasteiger partial charge in [0.05, 0.1) is 24.9 Å². The second-order valence-electron chi connectivity index (χ2n) is 5.04. The summed E-state index contributed by atoms with van der Waals surface area (Å²) in [4.78, 5) is 20.9. The number of nitrogens with zero attached hydrogens (tertiary/aromatic N) is 3. The average Bonchev–Trinajstić information content (AvgIpc) is 2.36. The van der Waals surface area contributed by atoms with Crippen molar-refractivity contribution in [1.82, 2.24) is 9.97 Å². The van der Waals surface area contributed by atoms with E-state index in [1.165, 1.54) is 0 Å². The molecule has 0 fully saturated rings. The van der Waals surface area contributed by atoms with Crippen LogP contribution in [-0.2, 0) is 4.79 Å². The van der Waals surface area contributed by atoms with Crippen LogP contribution in [0.2, 0.25) is 0 Å². The zero-order valence-electron chi connectivity index (χ0n) is 11.8. The van der Waals surface area contributed by atoms with E-state index in [4.69, 9.17) is 9.84 Å². The standard InChI is InChI=1S/C13H21N3O3/c1-9(2)8-19-12-6-14-5-11(15-12)16(4)7-10(3)13(17)18/h5-6,9-10H,7-8H2,1-4H3,(H,17,18). The van der Waals surface area contributed by atoms with Gasteiger partial charge in [-0.15, -0.1) is 0 Å². The first-order valence-corrected chi connectivity index (χ1v) is 6.29. The molecule has 1 aromatic rings. The number of anilines is 1. The van der Waals surface area contributed by atoms with Crippen LogP contribution >= 0.6 is 0 Å². The summed E-state index contributed by atoms with van der Waals surface area (Å²) in [7, 11) is 1.79. The second-order valence-corrected chi connectivity index (χ2v) is 5.04. The minimum absolute atomic E-state index is 0.373. The maximum atomic E-state index is 10.8. The van der Waals surface area contributed by atoms with Gasteiger partial charge >= 0.3 is 5.97 Å². The van der Waals surface area contributed by atoms with Crippen LogP contribution in [0.4, 0.5) is 5.82 Å². The van der Waals surface area contributed by atoms with Crippen molar-refractivity contribution >= 4 is 11.8 Å². The van der Waals surface area contributed by atoms with Crippen LogP contribution < -0.4 is 9.64 Å². The van der Waals surface area contributed by atoms with Crippen molar-refractivity contribution in [2.45, 2.75) is 20.8 Å². The van der Waals surface area contributed by atoms with Crippen LogP contribution in [0, 0.1) is 11.8 Å². The van der Waals surface area contributed by atoms with Gasteiger partial charge in [0.1, 0.15) is 0 Å². The first-order valence-electron chi connectivity index (χ1n) is 6.29. The van der Waals surface area contributed by atoms with E-state index in [0.717, 1.165) is 0 Å². The molecule has 1 aromatic heterocycles. The zero-order valence-corrected chi connectivity index (χ0v) is 11.8. The molecule has 0 radical (unpaired) electrons. The van der Waals surface area contributed by atoms with Gasteiger partial charge in [-0.05, 0) is 5.92 Å². The number of aromatic nitrogens is 2. The Morgan fingerprint density at radius 1 is 1.42 bits per heavy atom. The first-order chi connectivity index (χ1) is 8.90. The largest absolute Gasteiger partial charge is 0.481 e. The Bertz CT molecular complexity index is 423. The molecule has 1 heterocycles. The molecule has 1 atom stereocenters. The molecule has 0 aliphatic rings. The van der Waals surface area contributed by atoms with Gasteiger partial charge in [0.2, 0.25) is 5.88 Å². The Morgan fingerprint density at radius 2 is 2.11 bits per heavy atom. The number of ether oxygens (including phenoxy) is 1. The first kappa shape index (κ1) is 15.2. The van der Waals surface area contributed by atoms with Crippen LogP contribution in [0.1, 0.15) is 20.8 Å². The Morgan fingerprint density at radius 3 is 2.68 bits per heavy atom. The third kappa shape index (κ3) is 5.11. The van der Waals surface area contributed by atoms with E-state index in [2.05, 4.69) is 23.8 Å². The minimum Gasteiger partial charge on any atom is -0.481 e. The topological polar surface area (TPSA) is 75.5 Å². The Kier molecular flexibility index (Phi) is 5.54. The van der Waals surface area contributed by atoms with Gasteiger partial charge in [0.25, 0.3) is 0 Å². The molecular formula is C13H21N3O3. The van der Waals surface area contributed by atoms with Gasteiger partial charge in [-0.1, -0.05) is 20.8 Å². The fraction of sp³-hybridized carbons (Fsp3) is 0.615. The molecule has 1 rings (SSSR count). The highest BCUT2D eigenvalue weighted by molar-refractivity contribution is 5.70. The lowest BCUT2D eigenvalue weighted by molar-refractivity contribution is -0.140. The maximum Gasteiger partial charge on any atom is 0.308 e. The Labute approximate surface area is 113 Å². The lowest BCUT2D eigenvalue weighted by atomic mass is 10.2. The highest BCUT2D eigenvalue weighted by atomic mass is 16.5. The van der Waals surface area contributed by atoms with Crippen LogP contribution in [0.3, 0.4) is 0 Å². The molecule has 0 amide bonds. The normalized spacial score (nSPS) is 12.3. The number of carboxylic acids is 1. The van der Waals surface area contributed by atoms with Gasteiger partial charge < -0.3 is 14.7 Å². The van der Waals surface area contributed by atoms with Gasteiger partial charge in [0.15, 0.2) is 5.82 Å². The molecule has 6 heteroatoms. The quantitative estimate of drug-likeness (QED) is 0.810. The SMILES string of the molecule is CC(C)COc1cncc(N(C)CC(C)C(=O)O)n1. The monoisotopic (exact) mass is 267 g/mol. The molecule has 1 unspecified atom stereocenters. The highest BCUT2D eigenvalue weighted by Crippen LogP contribution is 2.14. The van der Waals surface area contributed by atoms with E-state index in [-0.39, 0.29) is 0 Å². The molecule has 0 aromatic carbocycles. The second kappa shape index (κ2) is 6.92. The summed E-state index contributed by atoms with van der Waals surface area (Å²) < 4.78 is 5.49. The highest BCUT2D eigenvalue weighted by Gasteiger charge is 2.15. The molecule has 0 saturated carbocycles. The molecule has 0 bridgehead atoms. The molecule has 1 N–H and O–H groups in total. The fourth-order valence-electron chi connectivity index (χ4n) is 1.43. The van der Waals surface area contributed by atoms with Gasteiger partial charge in [-0.2, -0.15) is 4.98 Å². The summed E-state index contributed by atoms with van der Waals surface area (Å²) in [5.41, 5.74) is 0. The van der Waals surface area contributed by atoms with E-state index >= 15 is 0 Å². The van der Waals surface area contributed by atoms with Crippen molar-refractivity contribution in [3.05, 3.63) is 12.4 Å². The number of carboxylic acid groups (broad SMARTS) is 1. The van der Waals surface area contributed by atoms with Crippen molar-refractivity contribution in [2.75, 3.05) is 25.1 Å². The van der Waals surface area contributed by atoms with Crippen LogP contribution in [0.15, 0.2) is 12.4 Å². The number of hydrogen-bond acceptors (Lipinski definition) is 5. The number of hydrogen-bond donors (Lipinski definition) is 1. The van der Waals surface area contributed by atoms with E-state index in [9.17, 15) is 4.79 Å². The summed E-state index contributed by atoms with van der Waals surface area (Å²) in [6, 6.07) is 0. The van der Waals surface area contributed by atoms with Crippen LogP contribution in [0.5, 0.6) is 5.88 Å². The summed E-state index contributed by atoms with van der Waals surface area (Å²) in [5.74, 6) is 0.185. The van der Waals surface area contributed by atoms with E-state index in [1.54, 1.807) is 31.3 Å². The Balaban J connectivity index is 2.67. The number of rotatable bonds is 7. The zero-order chi connectivity index (χ0) is 14.4. The molecule has 106 valence electrons. The average molecular weight is 267 g/mol. The number of carbonyl (C=O) groups is 1. The van der Waals surface area contributed by atoms with E-state index < -0.39 is 11.9 Å². The third-order valence-electron chi connectivity index (χ3n) is 2.52. The van der Waals surface area contributed by atoms with Crippen molar-refractivity contribution in [3.63, 3.8) is 0 Å². The lowest BCUT2D eigenvalue weighted by Crippen LogP contribution is -2.29. The fourth-order valence-corrected chi connectivity index (χ4v) is 1.43. The summed E-state index contributed by atoms with van der Waals surface area (Å²) in [6.07, 6.45) is 3.15. The predicted octanol–water partition coefficient (Wildman–Crippen LogP) is 1.67. The molecular weight excluding hydrogens is 246 g/mol. The van der Waals surface area contributed by atoms with E-state index in [1.807, 2.05) is 0 Å². The number of aliphatic carboxylic acids is 1. The molecule has 0 spiro atoms. The van der Waals surface area contributed by atoms with Crippen molar-refractivity contribution < 1.29 is 14.6 Å². The summed E-state index contributed by atoms with van der Waals surface area (Å²) >= 11 is 0. The van der Waals surface area contributed by atoms with Crippen LogP contribution in [0.25, 0.3) is 0 Å². The van der Waals surface area contributed by atoms with Gasteiger partial charge in [0, 0.05) is 13.6 Å². The summed E-state index contributed by atoms with van der Waals surface area (Å²) in [6.45, 7) is 6.71. The predicted molar refractivity (Wildman–Crippen MR) is 72.4 cm³/mol. The van der Waals surface area contributed by atoms with Crippen molar-refractivity contribution in [1.29, 1.82) is 0 Å². The van der Waals surface area contributed by atoms with Gasteiger partial charge in [-0.25, -0.2) is 0 Å².